The summed E-state index contributed by atoms with van der Waals surface area (Å²) in [7, 11) is 0. The van der Waals surface area contributed by atoms with Gasteiger partial charge in [-0.15, -0.1) is 0 Å². The van der Waals surface area contributed by atoms with Crippen molar-refractivity contribution in [1.29, 1.82) is 0 Å². The first-order chi connectivity index (χ1) is 16.4. The normalized spacial score (nSPS) is 10.6. The molecule has 0 fully saturated rings. The number of esters is 1. The minimum atomic E-state index is -0.611. The molecule has 7 nitrogen and oxygen atoms in total. The number of H-pyrrole nitrogens is 1. The highest BCUT2D eigenvalue weighted by Gasteiger charge is 2.14. The number of rotatable bonds is 7. The van der Waals surface area contributed by atoms with Gasteiger partial charge >= 0.3 is 5.97 Å². The number of halogens is 1. The van der Waals surface area contributed by atoms with E-state index in [0.29, 0.717) is 27.8 Å². The molecule has 34 heavy (non-hydrogen) atoms. The van der Waals surface area contributed by atoms with Crippen LogP contribution in [0.15, 0.2) is 72.8 Å². The van der Waals surface area contributed by atoms with Crippen LogP contribution in [0.5, 0.6) is 0 Å². The van der Waals surface area contributed by atoms with Crippen molar-refractivity contribution in [3.63, 3.8) is 0 Å². The molecule has 0 spiro atoms. The Labute approximate surface area is 194 Å². The summed E-state index contributed by atoms with van der Waals surface area (Å²) < 4.78 is 19.2. The molecule has 8 heteroatoms. The summed E-state index contributed by atoms with van der Waals surface area (Å²) in [5.41, 5.74) is 2.42. The highest BCUT2D eigenvalue weighted by Crippen LogP contribution is 2.22. The Morgan fingerprint density at radius 1 is 0.941 bits per heavy atom. The molecule has 3 aromatic carbocycles. The molecule has 4 aromatic rings. The Kier molecular flexibility index (Phi) is 6.68. The number of carbonyl (C=O) groups excluding carboxylic acids is 3. The molecule has 0 bridgehead atoms. The molecule has 0 aliphatic heterocycles. The van der Waals surface area contributed by atoms with Crippen molar-refractivity contribution in [2.24, 2.45) is 0 Å². The number of hydrogen-bond donors (Lipinski definition) is 3. The molecular weight excluding hydrogens is 437 g/mol. The molecule has 0 unspecified atom stereocenters. The fourth-order valence-corrected chi connectivity index (χ4v) is 3.47. The lowest BCUT2D eigenvalue weighted by Gasteiger charge is -2.10. The molecule has 0 saturated carbocycles. The summed E-state index contributed by atoms with van der Waals surface area (Å²) in [4.78, 5) is 39.9. The van der Waals surface area contributed by atoms with Crippen LogP contribution in [0.2, 0.25) is 0 Å². The lowest BCUT2D eigenvalue weighted by atomic mass is 10.1. The predicted octanol–water partition coefficient (Wildman–Crippen LogP) is 4.92. The third-order valence-corrected chi connectivity index (χ3v) is 5.08. The molecule has 1 aromatic heterocycles. The zero-order valence-corrected chi connectivity index (χ0v) is 18.4. The number of benzene rings is 3. The van der Waals surface area contributed by atoms with E-state index >= 15 is 0 Å². The summed E-state index contributed by atoms with van der Waals surface area (Å²) in [6.07, 6.45) is 0.0985. The topological polar surface area (TPSA) is 100 Å². The van der Waals surface area contributed by atoms with Gasteiger partial charge in [0.15, 0.2) is 0 Å². The van der Waals surface area contributed by atoms with Crippen LogP contribution in [0.4, 0.5) is 15.8 Å². The van der Waals surface area contributed by atoms with Gasteiger partial charge in [0, 0.05) is 22.2 Å². The second-order valence-electron chi connectivity index (χ2n) is 7.56. The minimum Gasteiger partial charge on any atom is -0.461 e. The zero-order valence-electron chi connectivity index (χ0n) is 18.4. The number of hydrogen-bond acceptors (Lipinski definition) is 4. The SMILES string of the molecule is CCOC(=O)c1cc2cc(C(=O)Nc3ccc(F)c(NC(=O)Cc4ccccc4)c3)ccc2[nH]1. The third-order valence-electron chi connectivity index (χ3n) is 5.08. The van der Waals surface area contributed by atoms with Gasteiger partial charge in [0.25, 0.3) is 5.91 Å². The number of fused-ring (bicyclic) bond motifs is 1. The van der Waals surface area contributed by atoms with Crippen molar-refractivity contribution < 1.29 is 23.5 Å². The van der Waals surface area contributed by atoms with Crippen LogP contribution in [-0.4, -0.2) is 29.4 Å². The molecule has 1 heterocycles. The molecule has 2 amide bonds. The minimum absolute atomic E-state index is 0.0288. The first-order valence-electron chi connectivity index (χ1n) is 10.7. The lowest BCUT2D eigenvalue weighted by Crippen LogP contribution is -2.16. The quantitative estimate of drug-likeness (QED) is 0.342. The molecule has 0 radical (unpaired) electrons. The number of nitrogens with one attached hydrogen (secondary N) is 3. The van der Waals surface area contributed by atoms with Gasteiger partial charge in [-0.05, 0) is 55.0 Å². The van der Waals surface area contributed by atoms with Crippen LogP contribution in [0.3, 0.4) is 0 Å². The van der Waals surface area contributed by atoms with E-state index in [0.717, 1.165) is 5.56 Å². The predicted molar refractivity (Wildman–Crippen MR) is 127 cm³/mol. The number of aromatic amines is 1. The van der Waals surface area contributed by atoms with Gasteiger partial charge in [0.1, 0.15) is 11.5 Å². The standard InChI is InChI=1S/C26H22FN3O4/c1-2-34-26(33)23-14-18-13-17(8-11-21(18)29-23)25(32)28-19-9-10-20(27)22(15-19)30-24(31)12-16-6-4-3-5-7-16/h3-11,13-15,29H,2,12H2,1H3,(H,28,32)(H,30,31). The average molecular weight is 459 g/mol. The van der Waals surface area contributed by atoms with E-state index < -0.39 is 17.7 Å². The van der Waals surface area contributed by atoms with Crippen LogP contribution in [-0.2, 0) is 16.0 Å². The lowest BCUT2D eigenvalue weighted by molar-refractivity contribution is -0.115. The summed E-state index contributed by atoms with van der Waals surface area (Å²) in [6.45, 7) is 1.98. The van der Waals surface area contributed by atoms with Gasteiger partial charge in [-0.2, -0.15) is 0 Å². The Morgan fingerprint density at radius 3 is 2.50 bits per heavy atom. The molecular formula is C26H22FN3O4. The molecule has 172 valence electrons. The van der Waals surface area contributed by atoms with E-state index in [-0.39, 0.29) is 24.6 Å². The Balaban J connectivity index is 1.47. The van der Waals surface area contributed by atoms with Gasteiger partial charge in [-0.1, -0.05) is 30.3 Å². The van der Waals surface area contributed by atoms with Crippen LogP contribution in [0, 0.1) is 5.82 Å². The summed E-state index contributed by atoms with van der Waals surface area (Å²) in [5.74, 6) is -1.88. The number of carbonyl (C=O) groups is 3. The number of aromatic nitrogens is 1. The zero-order chi connectivity index (χ0) is 24.1. The van der Waals surface area contributed by atoms with E-state index in [1.54, 1.807) is 31.2 Å². The summed E-state index contributed by atoms with van der Waals surface area (Å²) in [5, 5.41) is 5.92. The van der Waals surface area contributed by atoms with Gasteiger partial charge in [0.2, 0.25) is 5.91 Å². The monoisotopic (exact) mass is 459 g/mol. The summed E-state index contributed by atoms with van der Waals surface area (Å²) in [6, 6.07) is 19.6. The fourth-order valence-electron chi connectivity index (χ4n) is 3.47. The number of amides is 2. The van der Waals surface area contributed by atoms with E-state index in [1.165, 1.54) is 18.2 Å². The van der Waals surface area contributed by atoms with Crippen LogP contribution in [0.1, 0.15) is 33.3 Å². The molecule has 0 saturated heterocycles. The third kappa shape index (κ3) is 5.29. The highest BCUT2D eigenvalue weighted by atomic mass is 19.1. The smallest absolute Gasteiger partial charge is 0.354 e. The Morgan fingerprint density at radius 2 is 1.74 bits per heavy atom. The van der Waals surface area contributed by atoms with Crippen LogP contribution < -0.4 is 10.6 Å². The van der Waals surface area contributed by atoms with Crippen molar-refractivity contribution in [3.8, 4) is 0 Å². The fraction of sp³-hybridized carbons (Fsp3) is 0.115. The average Bonchev–Trinajstić information content (AvgIpc) is 3.26. The van der Waals surface area contributed by atoms with E-state index in [2.05, 4.69) is 15.6 Å². The maximum atomic E-state index is 14.3. The van der Waals surface area contributed by atoms with Gasteiger partial charge in [0.05, 0.1) is 18.7 Å². The van der Waals surface area contributed by atoms with Gasteiger partial charge < -0.3 is 20.4 Å². The first-order valence-corrected chi connectivity index (χ1v) is 10.7. The van der Waals surface area contributed by atoms with Gasteiger partial charge in [-0.3, -0.25) is 9.59 Å². The molecule has 0 aliphatic rings. The van der Waals surface area contributed by atoms with Crippen LogP contribution in [0.25, 0.3) is 10.9 Å². The summed E-state index contributed by atoms with van der Waals surface area (Å²) >= 11 is 0. The molecule has 0 aliphatic carbocycles. The molecule has 4 rings (SSSR count). The van der Waals surface area contributed by atoms with Crippen molar-refractivity contribution in [2.45, 2.75) is 13.3 Å². The van der Waals surface area contributed by atoms with Crippen molar-refractivity contribution in [1.82, 2.24) is 4.98 Å². The maximum absolute atomic E-state index is 14.3. The van der Waals surface area contributed by atoms with Crippen molar-refractivity contribution >= 4 is 40.1 Å². The number of anilines is 2. The Hall–Kier alpha value is -4.46. The molecule has 0 atom stereocenters. The number of ether oxygens (including phenoxy) is 1. The largest absolute Gasteiger partial charge is 0.461 e. The molecule has 3 N–H and O–H groups in total. The Bertz CT molecular complexity index is 1370. The van der Waals surface area contributed by atoms with Gasteiger partial charge in [-0.25, -0.2) is 9.18 Å². The maximum Gasteiger partial charge on any atom is 0.354 e. The van der Waals surface area contributed by atoms with Crippen LogP contribution >= 0.6 is 0 Å². The van der Waals surface area contributed by atoms with E-state index in [9.17, 15) is 18.8 Å². The van der Waals surface area contributed by atoms with E-state index in [4.69, 9.17) is 4.74 Å². The highest BCUT2D eigenvalue weighted by molar-refractivity contribution is 6.07. The van der Waals surface area contributed by atoms with E-state index in [1.807, 2.05) is 30.3 Å². The van der Waals surface area contributed by atoms with Crippen molar-refractivity contribution in [3.05, 3.63) is 95.4 Å². The second kappa shape index (κ2) is 9.99. The first kappa shape index (κ1) is 22.7. The second-order valence-corrected chi connectivity index (χ2v) is 7.56. The van der Waals surface area contributed by atoms with Crippen molar-refractivity contribution in [2.75, 3.05) is 17.2 Å².